The lowest BCUT2D eigenvalue weighted by Crippen LogP contribution is -2.07. The lowest BCUT2D eigenvalue weighted by Gasteiger charge is -2.19. The summed E-state index contributed by atoms with van der Waals surface area (Å²) >= 11 is 2.98. The van der Waals surface area contributed by atoms with Gasteiger partial charge in [0, 0.05) is 26.4 Å². The number of rotatable bonds is 16. The van der Waals surface area contributed by atoms with E-state index in [0.717, 1.165) is 44.7 Å². The van der Waals surface area contributed by atoms with E-state index in [-0.39, 0.29) is 36.9 Å². The third-order valence-electron chi connectivity index (χ3n) is 8.94. The molecule has 2 heterocycles. The van der Waals surface area contributed by atoms with Crippen LogP contribution in [-0.2, 0) is 9.47 Å². The summed E-state index contributed by atoms with van der Waals surface area (Å²) in [5, 5.41) is 39.4. The monoisotopic (exact) mass is 830 g/mol. The van der Waals surface area contributed by atoms with E-state index < -0.39 is 0 Å². The molecule has 0 saturated carbocycles. The number of methoxy groups -OCH3 is 4. The summed E-state index contributed by atoms with van der Waals surface area (Å²) in [6.07, 6.45) is 3.89. The number of benzene rings is 4. The van der Waals surface area contributed by atoms with Gasteiger partial charge in [-0.05, 0) is 96.1 Å². The molecule has 58 heavy (non-hydrogen) atoms. The van der Waals surface area contributed by atoms with Crippen molar-refractivity contribution in [1.82, 2.24) is 29.5 Å². The van der Waals surface area contributed by atoms with Gasteiger partial charge < -0.3 is 38.6 Å². The van der Waals surface area contributed by atoms with E-state index in [1.165, 1.54) is 29.6 Å². The molecule has 14 nitrogen and oxygen atoms in total. The van der Waals surface area contributed by atoms with Crippen LogP contribution in [0.3, 0.4) is 0 Å². The Kier molecular flexibility index (Phi) is 15.3. The summed E-state index contributed by atoms with van der Waals surface area (Å²) in [6, 6.07) is 22.3. The van der Waals surface area contributed by atoms with Crippen molar-refractivity contribution < 1.29 is 38.6 Å². The van der Waals surface area contributed by atoms with Crippen LogP contribution in [0.2, 0.25) is 0 Å². The molecule has 0 spiro atoms. The summed E-state index contributed by atoms with van der Waals surface area (Å²) < 4.78 is 36.4. The highest BCUT2D eigenvalue weighted by molar-refractivity contribution is 7.98. The topological polar surface area (TPSA) is 157 Å². The van der Waals surface area contributed by atoms with Crippen LogP contribution in [0.1, 0.15) is 50.7 Å². The van der Waals surface area contributed by atoms with Gasteiger partial charge >= 0.3 is 0 Å². The number of thioether (sulfide) groups is 2. The van der Waals surface area contributed by atoms with Gasteiger partial charge in [-0.25, -0.2) is 0 Å². The summed E-state index contributed by atoms with van der Waals surface area (Å²) in [5.41, 5.74) is 4.84. The van der Waals surface area contributed by atoms with Crippen molar-refractivity contribution >= 4 is 23.5 Å². The van der Waals surface area contributed by atoms with Crippen LogP contribution in [0.15, 0.2) is 83.1 Å². The highest BCUT2D eigenvalue weighted by atomic mass is 32.2. The largest absolute Gasteiger partial charge is 0.508 e. The minimum absolute atomic E-state index is 0.0401. The van der Waals surface area contributed by atoms with Gasteiger partial charge in [-0.3, -0.25) is 9.13 Å². The molecule has 2 aromatic heterocycles. The Labute approximate surface area is 347 Å². The first kappa shape index (κ1) is 43.7. The molecular weight excluding hydrogens is 781 g/mol. The zero-order valence-corrected chi connectivity index (χ0v) is 36.0. The fourth-order valence-corrected chi connectivity index (χ4v) is 7.00. The first-order valence-electron chi connectivity index (χ1n) is 18.3. The van der Waals surface area contributed by atoms with E-state index >= 15 is 0 Å². The lowest BCUT2D eigenvalue weighted by atomic mass is 9.98. The van der Waals surface area contributed by atoms with Crippen LogP contribution in [0.5, 0.6) is 34.5 Å². The molecule has 0 aliphatic rings. The maximum atomic E-state index is 10.4. The Morgan fingerprint density at radius 1 is 0.552 bits per heavy atom. The molecule has 4 aromatic carbocycles. The van der Waals surface area contributed by atoms with Gasteiger partial charge in [0.25, 0.3) is 0 Å². The van der Waals surface area contributed by atoms with Crippen molar-refractivity contribution in [2.75, 3.05) is 54.5 Å². The number of hydrogen-bond acceptors (Lipinski definition) is 14. The Balaban J connectivity index is 0.000000226. The second-order valence-corrected chi connectivity index (χ2v) is 14.9. The number of nitrogens with zero attached hydrogens (tertiary/aromatic N) is 6. The summed E-state index contributed by atoms with van der Waals surface area (Å²) in [6.45, 7) is 8.41. The SMILES string of the molecule is COCOc1cc(OCOC)c(C(C)C)cc1-c1nnc(SC)n1-c1ccc(OC)cc1.COc1ccc(-n2c(SC)nnc2-c2cc(C(C)C)c(O)cc2O)cc1. The van der Waals surface area contributed by atoms with Gasteiger partial charge in [-0.1, -0.05) is 51.2 Å². The Hall–Kier alpha value is -5.42. The van der Waals surface area contributed by atoms with Gasteiger partial charge in [0.1, 0.15) is 34.5 Å². The smallest absolute Gasteiger partial charge is 0.195 e. The number of phenols is 2. The molecule has 2 N–H and O–H groups in total. The lowest BCUT2D eigenvalue weighted by molar-refractivity contribution is 0.0457. The predicted octanol–water partition coefficient (Wildman–Crippen LogP) is 8.95. The van der Waals surface area contributed by atoms with E-state index in [9.17, 15) is 10.2 Å². The maximum absolute atomic E-state index is 10.4. The van der Waals surface area contributed by atoms with Crippen LogP contribution in [0.25, 0.3) is 34.2 Å². The molecule has 0 aliphatic heterocycles. The van der Waals surface area contributed by atoms with Crippen molar-refractivity contribution in [2.45, 2.75) is 49.8 Å². The van der Waals surface area contributed by atoms with Gasteiger partial charge in [0.15, 0.2) is 35.5 Å². The molecule has 6 aromatic rings. The molecule has 0 radical (unpaired) electrons. The molecule has 0 amide bonds. The van der Waals surface area contributed by atoms with Crippen LogP contribution >= 0.6 is 23.5 Å². The average molecular weight is 831 g/mol. The zero-order valence-electron chi connectivity index (χ0n) is 34.3. The number of phenolic OH excluding ortho intramolecular Hbond substituents is 2. The van der Waals surface area contributed by atoms with Gasteiger partial charge in [0.2, 0.25) is 0 Å². The summed E-state index contributed by atoms with van der Waals surface area (Å²) in [7, 11) is 6.43. The number of hydrogen-bond donors (Lipinski definition) is 2. The number of aromatic nitrogens is 6. The van der Waals surface area contributed by atoms with E-state index in [1.807, 2.05) is 96.2 Å². The highest BCUT2D eigenvalue weighted by Crippen LogP contribution is 2.41. The van der Waals surface area contributed by atoms with E-state index in [4.69, 9.17) is 28.4 Å². The van der Waals surface area contributed by atoms with Gasteiger partial charge in [0.05, 0.1) is 36.7 Å². The molecular formula is C42H50N6O8S2. The first-order valence-corrected chi connectivity index (χ1v) is 20.7. The highest BCUT2D eigenvalue weighted by Gasteiger charge is 2.24. The Morgan fingerprint density at radius 2 is 1.00 bits per heavy atom. The quantitative estimate of drug-likeness (QED) is 0.0704. The molecule has 308 valence electrons. The molecule has 6 rings (SSSR count). The second kappa shape index (κ2) is 20.3. The average Bonchev–Trinajstić information content (AvgIpc) is 3.87. The zero-order chi connectivity index (χ0) is 41.9. The van der Waals surface area contributed by atoms with Crippen molar-refractivity contribution in [1.29, 1.82) is 0 Å². The van der Waals surface area contributed by atoms with Crippen LogP contribution < -0.4 is 18.9 Å². The number of ether oxygens (including phenoxy) is 6. The first-order chi connectivity index (χ1) is 28.0. The normalized spacial score (nSPS) is 11.1. The fraction of sp³-hybridized carbons (Fsp3) is 0.333. The molecule has 0 atom stereocenters. The molecule has 16 heteroatoms. The Morgan fingerprint density at radius 3 is 1.43 bits per heavy atom. The number of aromatic hydroxyl groups is 2. The maximum Gasteiger partial charge on any atom is 0.195 e. The minimum Gasteiger partial charge on any atom is -0.508 e. The van der Waals surface area contributed by atoms with E-state index in [2.05, 4.69) is 34.2 Å². The van der Waals surface area contributed by atoms with E-state index in [0.29, 0.717) is 33.9 Å². The summed E-state index contributed by atoms with van der Waals surface area (Å²) in [4.78, 5) is 0. The van der Waals surface area contributed by atoms with Crippen molar-refractivity contribution in [2.24, 2.45) is 0 Å². The third-order valence-corrected chi connectivity index (χ3v) is 10.2. The van der Waals surface area contributed by atoms with Crippen molar-refractivity contribution in [3.05, 3.63) is 83.9 Å². The van der Waals surface area contributed by atoms with Crippen molar-refractivity contribution in [3.8, 4) is 68.6 Å². The van der Waals surface area contributed by atoms with Gasteiger partial charge in [-0.15, -0.1) is 20.4 Å². The van der Waals surface area contributed by atoms with Gasteiger partial charge in [-0.2, -0.15) is 0 Å². The molecule has 0 fully saturated rings. The second-order valence-electron chi connectivity index (χ2n) is 13.3. The van der Waals surface area contributed by atoms with Crippen LogP contribution in [-0.4, -0.2) is 94.3 Å². The van der Waals surface area contributed by atoms with Crippen molar-refractivity contribution in [3.63, 3.8) is 0 Å². The standard InChI is InChI=1S/C23H29N3O5S.C19H21N3O3S/c1-15(2)18-11-19(21(31-14-28-4)12-20(18)30-13-27-3)22-24-25-23(32-6)26(22)16-7-9-17(29-5)10-8-16;1-11(2)14-9-15(17(24)10-16(14)23)18-20-21-19(26-4)22(18)12-5-7-13(25-3)8-6-12/h7-12,15H,13-14H2,1-6H3;5-11,23-24H,1-4H3. The molecule has 0 unspecified atom stereocenters. The minimum atomic E-state index is -0.0401. The molecule has 0 bridgehead atoms. The van der Waals surface area contributed by atoms with E-state index in [1.54, 1.807) is 34.5 Å². The van der Waals surface area contributed by atoms with Crippen LogP contribution in [0, 0.1) is 0 Å². The predicted molar refractivity (Wildman–Crippen MR) is 227 cm³/mol. The fourth-order valence-electron chi connectivity index (χ4n) is 6.01. The Bertz CT molecular complexity index is 2260. The molecule has 0 saturated heterocycles. The third kappa shape index (κ3) is 9.81. The molecule has 0 aliphatic carbocycles. The van der Waals surface area contributed by atoms with Crippen LogP contribution in [0.4, 0.5) is 0 Å². The summed E-state index contributed by atoms with van der Waals surface area (Å²) in [5.74, 6) is 4.31.